The monoisotopic (exact) mass is 331 g/mol. The van der Waals surface area contributed by atoms with Crippen molar-refractivity contribution in [2.45, 2.75) is 31.8 Å². The predicted octanol–water partition coefficient (Wildman–Crippen LogP) is 3.55. The molecule has 0 bridgehead atoms. The molecule has 2 aromatic rings. The molecule has 0 amide bonds. The maximum Gasteiger partial charge on any atom is 0.209 e. The number of halogens is 1. The number of nitrogens with zero attached hydrogens (tertiary/aromatic N) is 2. The van der Waals surface area contributed by atoms with Crippen LogP contribution in [0.15, 0.2) is 34.9 Å². The summed E-state index contributed by atoms with van der Waals surface area (Å²) in [5.41, 5.74) is 7.26. The third kappa shape index (κ3) is 3.16. The van der Waals surface area contributed by atoms with Crippen LogP contribution in [-0.4, -0.2) is 29.0 Å². The first-order chi connectivity index (χ1) is 11.2. The molecule has 23 heavy (non-hydrogen) atoms. The molecule has 3 atom stereocenters. The van der Waals surface area contributed by atoms with Crippen molar-refractivity contribution < 1.29 is 4.42 Å². The molecule has 1 aliphatic carbocycles. The molecule has 1 aliphatic heterocycles. The first-order valence-corrected chi connectivity index (χ1v) is 8.75. The number of nitrogens with two attached hydrogens (primary N) is 1. The Hall–Kier alpha value is -1.36. The van der Waals surface area contributed by atoms with E-state index < -0.39 is 0 Å². The molecule has 2 N–H and O–H groups in total. The molecular formula is C18H22ClN3O. The van der Waals surface area contributed by atoms with E-state index in [1.165, 1.54) is 19.3 Å². The molecule has 4 rings (SSSR count). The minimum absolute atomic E-state index is 0.366. The minimum Gasteiger partial charge on any atom is -0.439 e. The van der Waals surface area contributed by atoms with E-state index in [1.807, 2.05) is 24.3 Å². The Morgan fingerprint density at radius 2 is 2.22 bits per heavy atom. The first-order valence-electron chi connectivity index (χ1n) is 8.37. The summed E-state index contributed by atoms with van der Waals surface area (Å²) in [7, 11) is 0. The average Bonchev–Trinajstić information content (AvgIpc) is 3.15. The maximum atomic E-state index is 6.29. The quantitative estimate of drug-likeness (QED) is 0.934. The lowest BCUT2D eigenvalue weighted by molar-refractivity contribution is 0.258. The van der Waals surface area contributed by atoms with Crippen LogP contribution in [0.25, 0.3) is 11.3 Å². The van der Waals surface area contributed by atoms with E-state index in [0.717, 1.165) is 42.8 Å². The Labute approximate surface area is 141 Å². The maximum absolute atomic E-state index is 6.29. The van der Waals surface area contributed by atoms with Crippen LogP contribution in [-0.2, 0) is 6.54 Å². The van der Waals surface area contributed by atoms with E-state index in [1.54, 1.807) is 6.20 Å². The number of benzene rings is 1. The second-order valence-electron chi connectivity index (χ2n) is 6.84. The molecule has 0 radical (unpaired) electrons. The van der Waals surface area contributed by atoms with Crippen LogP contribution in [0, 0.1) is 11.8 Å². The van der Waals surface area contributed by atoms with Crippen molar-refractivity contribution in [3.05, 3.63) is 41.4 Å². The van der Waals surface area contributed by atoms with Crippen molar-refractivity contribution in [3.8, 4) is 11.3 Å². The van der Waals surface area contributed by atoms with Gasteiger partial charge < -0.3 is 10.2 Å². The van der Waals surface area contributed by atoms with Gasteiger partial charge in [0, 0.05) is 29.7 Å². The molecule has 5 heteroatoms. The lowest BCUT2D eigenvalue weighted by Crippen LogP contribution is -2.38. The summed E-state index contributed by atoms with van der Waals surface area (Å²) in [5.74, 6) is 2.94. The predicted molar refractivity (Wildman–Crippen MR) is 91.0 cm³/mol. The SMILES string of the molecule is NC1CCCC2CN(Cc3ncc(-c4cccc(Cl)c4)o3)CC12. The normalized spacial score (nSPS) is 28.0. The van der Waals surface area contributed by atoms with E-state index in [0.29, 0.717) is 17.0 Å². The van der Waals surface area contributed by atoms with Gasteiger partial charge in [-0.25, -0.2) is 4.98 Å². The average molecular weight is 332 g/mol. The van der Waals surface area contributed by atoms with Gasteiger partial charge in [0.2, 0.25) is 5.89 Å². The molecule has 1 aromatic heterocycles. The van der Waals surface area contributed by atoms with Crippen LogP contribution in [0.2, 0.25) is 5.02 Å². The van der Waals surface area contributed by atoms with E-state index in [-0.39, 0.29) is 0 Å². The number of rotatable bonds is 3. The van der Waals surface area contributed by atoms with Gasteiger partial charge in [-0.15, -0.1) is 0 Å². The zero-order valence-corrected chi connectivity index (χ0v) is 13.9. The molecule has 2 heterocycles. The molecule has 1 saturated carbocycles. The van der Waals surface area contributed by atoms with Crippen molar-refractivity contribution in [2.75, 3.05) is 13.1 Å². The second-order valence-corrected chi connectivity index (χ2v) is 7.28. The van der Waals surface area contributed by atoms with Gasteiger partial charge in [-0.3, -0.25) is 4.90 Å². The van der Waals surface area contributed by atoms with Crippen molar-refractivity contribution in [2.24, 2.45) is 17.6 Å². The topological polar surface area (TPSA) is 55.3 Å². The lowest BCUT2D eigenvalue weighted by atomic mass is 9.78. The van der Waals surface area contributed by atoms with Gasteiger partial charge in [-0.2, -0.15) is 0 Å². The van der Waals surface area contributed by atoms with Gasteiger partial charge in [0.05, 0.1) is 12.7 Å². The zero-order valence-electron chi connectivity index (χ0n) is 13.1. The number of hydrogen-bond acceptors (Lipinski definition) is 4. The fourth-order valence-electron chi connectivity index (χ4n) is 4.09. The highest BCUT2D eigenvalue weighted by molar-refractivity contribution is 6.30. The largest absolute Gasteiger partial charge is 0.439 e. The highest BCUT2D eigenvalue weighted by Gasteiger charge is 2.38. The van der Waals surface area contributed by atoms with Gasteiger partial charge >= 0.3 is 0 Å². The summed E-state index contributed by atoms with van der Waals surface area (Å²) in [6, 6.07) is 8.03. The third-order valence-corrected chi connectivity index (χ3v) is 5.49. The molecule has 2 aliphatic rings. The molecular weight excluding hydrogens is 310 g/mol. The van der Waals surface area contributed by atoms with Crippen molar-refractivity contribution >= 4 is 11.6 Å². The Morgan fingerprint density at radius 1 is 1.30 bits per heavy atom. The molecule has 0 spiro atoms. The number of oxazole rings is 1. The van der Waals surface area contributed by atoms with Crippen LogP contribution in [0.3, 0.4) is 0 Å². The molecule has 122 valence electrons. The molecule has 1 aromatic carbocycles. The minimum atomic E-state index is 0.366. The number of likely N-dealkylation sites (tertiary alicyclic amines) is 1. The standard InChI is InChI=1S/C18H22ClN3O/c19-14-5-1-3-12(7-14)17-8-21-18(23-17)11-22-9-13-4-2-6-16(20)15(13)10-22/h1,3,5,7-8,13,15-16H,2,4,6,9-11,20H2. The fourth-order valence-corrected chi connectivity index (χ4v) is 4.28. The molecule has 1 saturated heterocycles. The first kappa shape index (κ1) is 15.2. The van der Waals surface area contributed by atoms with Crippen LogP contribution >= 0.6 is 11.6 Å². The van der Waals surface area contributed by atoms with Crippen LogP contribution in [0.4, 0.5) is 0 Å². The summed E-state index contributed by atoms with van der Waals surface area (Å²) in [5, 5.41) is 0.707. The van der Waals surface area contributed by atoms with Gasteiger partial charge in [0.1, 0.15) is 0 Å². The van der Waals surface area contributed by atoms with Gasteiger partial charge in [-0.05, 0) is 36.8 Å². The highest BCUT2D eigenvalue weighted by Crippen LogP contribution is 2.36. The van der Waals surface area contributed by atoms with E-state index in [4.69, 9.17) is 21.8 Å². The van der Waals surface area contributed by atoms with Gasteiger partial charge in [0.15, 0.2) is 5.76 Å². The van der Waals surface area contributed by atoms with Crippen molar-refractivity contribution in [1.29, 1.82) is 0 Å². The lowest BCUT2D eigenvalue weighted by Gasteiger charge is -2.29. The molecule has 2 fully saturated rings. The van der Waals surface area contributed by atoms with Crippen LogP contribution < -0.4 is 5.73 Å². The van der Waals surface area contributed by atoms with E-state index >= 15 is 0 Å². The van der Waals surface area contributed by atoms with Gasteiger partial charge in [0.25, 0.3) is 0 Å². The smallest absolute Gasteiger partial charge is 0.209 e. The van der Waals surface area contributed by atoms with Crippen LogP contribution in [0.1, 0.15) is 25.2 Å². The van der Waals surface area contributed by atoms with Crippen LogP contribution in [0.5, 0.6) is 0 Å². The van der Waals surface area contributed by atoms with E-state index in [9.17, 15) is 0 Å². The second kappa shape index (κ2) is 6.27. The number of aromatic nitrogens is 1. The molecule has 3 unspecified atom stereocenters. The summed E-state index contributed by atoms with van der Waals surface area (Å²) in [6.07, 6.45) is 5.55. The Balaban J connectivity index is 1.44. The Morgan fingerprint density at radius 3 is 3.04 bits per heavy atom. The summed E-state index contributed by atoms with van der Waals surface area (Å²) >= 11 is 6.04. The summed E-state index contributed by atoms with van der Waals surface area (Å²) < 4.78 is 5.92. The molecule has 4 nitrogen and oxygen atoms in total. The van der Waals surface area contributed by atoms with Gasteiger partial charge in [-0.1, -0.05) is 30.2 Å². The number of hydrogen-bond donors (Lipinski definition) is 1. The van der Waals surface area contributed by atoms with E-state index in [2.05, 4.69) is 9.88 Å². The summed E-state index contributed by atoms with van der Waals surface area (Å²) in [6.45, 7) is 2.95. The highest BCUT2D eigenvalue weighted by atomic mass is 35.5. The Bertz CT molecular complexity index is 686. The Kier molecular flexibility index (Phi) is 4.14. The third-order valence-electron chi connectivity index (χ3n) is 5.25. The fraction of sp³-hybridized carbons (Fsp3) is 0.500. The van der Waals surface area contributed by atoms with Crippen molar-refractivity contribution in [3.63, 3.8) is 0 Å². The van der Waals surface area contributed by atoms with Crippen molar-refractivity contribution in [1.82, 2.24) is 9.88 Å². The number of fused-ring (bicyclic) bond motifs is 1. The zero-order chi connectivity index (χ0) is 15.8. The summed E-state index contributed by atoms with van der Waals surface area (Å²) in [4.78, 5) is 6.88.